The van der Waals surface area contributed by atoms with E-state index < -0.39 is 0 Å². The number of anilines is 1. The van der Waals surface area contributed by atoms with Crippen LogP contribution in [0.1, 0.15) is 27.2 Å². The summed E-state index contributed by atoms with van der Waals surface area (Å²) in [6.45, 7) is 6.56. The van der Waals surface area contributed by atoms with E-state index in [0.717, 1.165) is 0 Å². The zero-order valence-corrected chi connectivity index (χ0v) is 15.6. The quantitative estimate of drug-likeness (QED) is 0.776. The number of rotatable bonds is 8. The molecule has 0 aromatic heterocycles. The molecule has 1 aromatic carbocycles. The van der Waals surface area contributed by atoms with Crippen molar-refractivity contribution in [2.45, 2.75) is 27.2 Å². The second-order valence-corrected chi connectivity index (χ2v) is 6.25. The summed E-state index contributed by atoms with van der Waals surface area (Å²) in [4.78, 5) is 25.5. The first-order valence-corrected chi connectivity index (χ1v) is 8.13. The third kappa shape index (κ3) is 5.92. The summed E-state index contributed by atoms with van der Waals surface area (Å²) in [6.07, 6.45) is 0.195. The van der Waals surface area contributed by atoms with Gasteiger partial charge in [-0.3, -0.25) is 9.59 Å². The number of methoxy groups -OCH3 is 2. The van der Waals surface area contributed by atoms with Gasteiger partial charge in [-0.05, 0) is 5.92 Å². The van der Waals surface area contributed by atoms with Gasteiger partial charge < -0.3 is 19.7 Å². The predicted octanol–water partition coefficient (Wildman–Crippen LogP) is 3.19. The average molecular weight is 357 g/mol. The molecule has 2 amide bonds. The lowest BCUT2D eigenvalue weighted by Crippen LogP contribution is -2.34. The fourth-order valence-corrected chi connectivity index (χ4v) is 2.46. The Bertz CT molecular complexity index is 590. The molecule has 24 heavy (non-hydrogen) atoms. The highest BCUT2D eigenvalue weighted by atomic mass is 35.5. The molecule has 1 rings (SSSR count). The second kappa shape index (κ2) is 9.37. The number of halogens is 1. The van der Waals surface area contributed by atoms with E-state index in [9.17, 15) is 9.59 Å². The van der Waals surface area contributed by atoms with Crippen molar-refractivity contribution in [1.82, 2.24) is 4.90 Å². The van der Waals surface area contributed by atoms with Crippen LogP contribution in [0.5, 0.6) is 11.5 Å². The Morgan fingerprint density at radius 2 is 1.83 bits per heavy atom. The Balaban J connectivity index is 2.75. The standard InChI is InChI=1S/C17H25ClN2O4/c1-11(2)10-20(12(3)21)7-6-17(22)19-14-9-15(23-4)13(18)8-16(14)24-5/h8-9,11H,6-7,10H2,1-5H3,(H,19,22). The Hall–Kier alpha value is -1.95. The average Bonchev–Trinajstić information content (AvgIpc) is 2.51. The molecule has 134 valence electrons. The molecule has 0 saturated heterocycles. The molecule has 7 heteroatoms. The van der Waals surface area contributed by atoms with Crippen LogP contribution < -0.4 is 14.8 Å². The molecule has 1 aromatic rings. The number of nitrogens with one attached hydrogen (secondary N) is 1. The Morgan fingerprint density at radius 3 is 2.33 bits per heavy atom. The lowest BCUT2D eigenvalue weighted by molar-refractivity contribution is -0.129. The van der Waals surface area contributed by atoms with E-state index in [-0.39, 0.29) is 18.2 Å². The fourth-order valence-electron chi connectivity index (χ4n) is 2.23. The smallest absolute Gasteiger partial charge is 0.226 e. The minimum absolute atomic E-state index is 0.0396. The maximum absolute atomic E-state index is 12.2. The van der Waals surface area contributed by atoms with Gasteiger partial charge in [0.1, 0.15) is 11.5 Å². The number of nitrogens with zero attached hydrogens (tertiary/aromatic N) is 1. The molecule has 0 aliphatic rings. The van der Waals surface area contributed by atoms with E-state index in [1.807, 2.05) is 13.8 Å². The van der Waals surface area contributed by atoms with Gasteiger partial charge in [-0.15, -0.1) is 0 Å². The lowest BCUT2D eigenvalue weighted by atomic mass is 10.2. The number of carbonyl (C=O) groups is 2. The van der Waals surface area contributed by atoms with Crippen LogP contribution in [0.15, 0.2) is 12.1 Å². The summed E-state index contributed by atoms with van der Waals surface area (Å²) in [5, 5.41) is 3.17. The van der Waals surface area contributed by atoms with E-state index in [2.05, 4.69) is 5.32 Å². The fraction of sp³-hybridized carbons (Fsp3) is 0.529. The largest absolute Gasteiger partial charge is 0.495 e. The summed E-state index contributed by atoms with van der Waals surface area (Å²) in [5.41, 5.74) is 0.474. The Kier molecular flexibility index (Phi) is 7.85. The van der Waals surface area contributed by atoms with E-state index in [1.54, 1.807) is 17.0 Å². The van der Waals surface area contributed by atoms with Crippen molar-refractivity contribution in [3.05, 3.63) is 17.2 Å². The van der Waals surface area contributed by atoms with Gasteiger partial charge in [-0.2, -0.15) is 0 Å². The van der Waals surface area contributed by atoms with Crippen LogP contribution in [-0.4, -0.2) is 44.0 Å². The van der Waals surface area contributed by atoms with Gasteiger partial charge in [0, 0.05) is 38.6 Å². The first kappa shape index (κ1) is 20.1. The number of hydrogen-bond acceptors (Lipinski definition) is 4. The van der Waals surface area contributed by atoms with Crippen LogP contribution in [0.2, 0.25) is 5.02 Å². The first-order valence-electron chi connectivity index (χ1n) is 7.75. The van der Waals surface area contributed by atoms with Crippen molar-refractivity contribution in [3.63, 3.8) is 0 Å². The number of amides is 2. The minimum atomic E-state index is -0.215. The molecule has 0 saturated carbocycles. The van der Waals surface area contributed by atoms with Crippen LogP contribution in [0.4, 0.5) is 5.69 Å². The highest BCUT2D eigenvalue weighted by Crippen LogP contribution is 2.35. The Labute approximate surface area is 148 Å². The number of benzene rings is 1. The molecule has 0 atom stereocenters. The van der Waals surface area contributed by atoms with E-state index in [0.29, 0.717) is 41.2 Å². The van der Waals surface area contributed by atoms with Crippen LogP contribution in [0.25, 0.3) is 0 Å². The summed E-state index contributed by atoms with van der Waals surface area (Å²) < 4.78 is 10.4. The molecule has 0 spiro atoms. The second-order valence-electron chi connectivity index (χ2n) is 5.84. The van der Waals surface area contributed by atoms with Gasteiger partial charge in [0.05, 0.1) is 24.9 Å². The van der Waals surface area contributed by atoms with Gasteiger partial charge >= 0.3 is 0 Å². The maximum Gasteiger partial charge on any atom is 0.226 e. The normalized spacial score (nSPS) is 10.5. The first-order chi connectivity index (χ1) is 11.3. The summed E-state index contributed by atoms with van der Waals surface area (Å²) in [6, 6.07) is 3.19. The van der Waals surface area contributed by atoms with Crippen LogP contribution in [0, 0.1) is 5.92 Å². The summed E-state index contributed by atoms with van der Waals surface area (Å²) >= 11 is 6.04. The van der Waals surface area contributed by atoms with Crippen molar-refractivity contribution >= 4 is 29.1 Å². The van der Waals surface area contributed by atoms with Crippen molar-refractivity contribution in [2.24, 2.45) is 5.92 Å². The SMILES string of the molecule is COc1cc(NC(=O)CCN(CC(C)C)C(C)=O)c(OC)cc1Cl. The minimum Gasteiger partial charge on any atom is -0.495 e. The van der Waals surface area contributed by atoms with Gasteiger partial charge in [-0.25, -0.2) is 0 Å². The molecular weight excluding hydrogens is 332 g/mol. The zero-order chi connectivity index (χ0) is 18.3. The van der Waals surface area contributed by atoms with Crippen LogP contribution in [-0.2, 0) is 9.59 Å². The Morgan fingerprint density at radius 1 is 1.21 bits per heavy atom. The molecule has 0 radical (unpaired) electrons. The summed E-state index contributed by atoms with van der Waals surface area (Å²) in [5.74, 6) is 0.977. The van der Waals surface area contributed by atoms with Gasteiger partial charge in [-0.1, -0.05) is 25.4 Å². The highest BCUT2D eigenvalue weighted by Gasteiger charge is 2.15. The molecular formula is C17H25ClN2O4. The zero-order valence-electron chi connectivity index (χ0n) is 14.8. The molecule has 1 N–H and O–H groups in total. The number of ether oxygens (including phenoxy) is 2. The van der Waals surface area contributed by atoms with E-state index >= 15 is 0 Å². The van der Waals surface area contributed by atoms with Crippen molar-refractivity contribution in [2.75, 3.05) is 32.6 Å². The highest BCUT2D eigenvalue weighted by molar-refractivity contribution is 6.32. The van der Waals surface area contributed by atoms with Crippen LogP contribution >= 0.6 is 11.6 Å². The molecule has 0 aliphatic carbocycles. The van der Waals surface area contributed by atoms with Crippen molar-refractivity contribution < 1.29 is 19.1 Å². The lowest BCUT2D eigenvalue weighted by Gasteiger charge is -2.23. The monoisotopic (exact) mass is 356 g/mol. The van der Waals surface area contributed by atoms with Crippen molar-refractivity contribution in [3.8, 4) is 11.5 Å². The van der Waals surface area contributed by atoms with Gasteiger partial charge in [0.15, 0.2) is 0 Å². The molecule has 6 nitrogen and oxygen atoms in total. The molecule has 0 unspecified atom stereocenters. The number of hydrogen-bond donors (Lipinski definition) is 1. The molecule has 0 aliphatic heterocycles. The topological polar surface area (TPSA) is 67.9 Å². The van der Waals surface area contributed by atoms with Crippen LogP contribution in [0.3, 0.4) is 0 Å². The number of carbonyl (C=O) groups excluding carboxylic acids is 2. The predicted molar refractivity (Wildman–Crippen MR) is 94.9 cm³/mol. The third-order valence-corrected chi connectivity index (χ3v) is 3.68. The van der Waals surface area contributed by atoms with Crippen molar-refractivity contribution in [1.29, 1.82) is 0 Å². The van der Waals surface area contributed by atoms with E-state index in [4.69, 9.17) is 21.1 Å². The summed E-state index contributed by atoms with van der Waals surface area (Å²) in [7, 11) is 2.99. The molecule has 0 bridgehead atoms. The maximum atomic E-state index is 12.2. The third-order valence-electron chi connectivity index (χ3n) is 3.39. The molecule has 0 fully saturated rings. The molecule has 0 heterocycles. The van der Waals surface area contributed by atoms with Gasteiger partial charge in [0.25, 0.3) is 0 Å². The van der Waals surface area contributed by atoms with E-state index in [1.165, 1.54) is 21.1 Å². The van der Waals surface area contributed by atoms with Gasteiger partial charge in [0.2, 0.25) is 11.8 Å².